The first kappa shape index (κ1) is 9.32. The van der Waals surface area contributed by atoms with E-state index in [0.29, 0.717) is 5.69 Å². The molecule has 0 bridgehead atoms. The Morgan fingerprint density at radius 2 is 1.93 bits per heavy atom. The van der Waals surface area contributed by atoms with Crippen LogP contribution in [0.3, 0.4) is 0 Å². The maximum absolute atomic E-state index is 12.6. The lowest BCUT2D eigenvalue weighted by Crippen LogP contribution is -1.96. The van der Waals surface area contributed by atoms with Crippen LogP contribution in [-0.2, 0) is 0 Å². The lowest BCUT2D eigenvalue weighted by Gasteiger charge is -1.94. The Morgan fingerprint density at radius 3 is 2.47 bits per heavy atom. The second-order valence-electron chi connectivity index (χ2n) is 2.85. The molecule has 0 saturated heterocycles. The van der Waals surface area contributed by atoms with Crippen molar-refractivity contribution in [3.63, 3.8) is 0 Å². The first-order valence-electron chi connectivity index (χ1n) is 4.13. The first-order valence-corrected chi connectivity index (χ1v) is 4.13. The highest BCUT2D eigenvalue weighted by molar-refractivity contribution is 5.32. The zero-order valence-electron chi connectivity index (χ0n) is 7.50. The SMILES string of the molecule is O=[N+]([O-])c1ccn(-c2ccc(F)cc2)n1. The summed E-state index contributed by atoms with van der Waals surface area (Å²) in [6, 6.07) is 6.80. The molecule has 0 aliphatic heterocycles. The molecule has 1 aromatic heterocycles. The highest BCUT2D eigenvalue weighted by Crippen LogP contribution is 2.12. The highest BCUT2D eigenvalue weighted by atomic mass is 19.1. The van der Waals surface area contributed by atoms with Gasteiger partial charge < -0.3 is 10.1 Å². The lowest BCUT2D eigenvalue weighted by molar-refractivity contribution is -0.389. The predicted octanol–water partition coefficient (Wildman–Crippen LogP) is 1.92. The first-order chi connectivity index (χ1) is 7.16. The van der Waals surface area contributed by atoms with Crippen LogP contribution in [0.4, 0.5) is 10.2 Å². The molecular weight excluding hydrogens is 201 g/mol. The van der Waals surface area contributed by atoms with Crippen LogP contribution in [-0.4, -0.2) is 14.7 Å². The predicted molar refractivity (Wildman–Crippen MR) is 50.2 cm³/mol. The Morgan fingerprint density at radius 1 is 1.27 bits per heavy atom. The minimum absolute atomic E-state index is 0.237. The van der Waals surface area contributed by atoms with E-state index in [-0.39, 0.29) is 11.6 Å². The fraction of sp³-hybridized carbons (Fsp3) is 0. The monoisotopic (exact) mass is 207 g/mol. The van der Waals surface area contributed by atoms with Crippen LogP contribution in [0.1, 0.15) is 0 Å². The Bertz CT molecular complexity index is 492. The van der Waals surface area contributed by atoms with Gasteiger partial charge in [0.1, 0.15) is 5.82 Å². The maximum Gasteiger partial charge on any atom is 0.390 e. The molecule has 0 radical (unpaired) electrons. The lowest BCUT2D eigenvalue weighted by atomic mass is 10.3. The summed E-state index contributed by atoms with van der Waals surface area (Å²) in [4.78, 5) is 9.79. The standard InChI is InChI=1S/C9H6FN3O2/c10-7-1-3-8(4-2-7)12-6-5-9(11-12)13(14)15/h1-6H. The zero-order chi connectivity index (χ0) is 10.8. The molecule has 0 spiro atoms. The van der Waals surface area contributed by atoms with Crippen molar-refractivity contribution in [1.29, 1.82) is 0 Å². The van der Waals surface area contributed by atoms with Crippen molar-refractivity contribution >= 4 is 5.82 Å². The summed E-state index contributed by atoms with van der Waals surface area (Å²) in [6.45, 7) is 0. The molecule has 1 aromatic carbocycles. The van der Waals surface area contributed by atoms with Crippen molar-refractivity contribution in [2.75, 3.05) is 0 Å². The number of halogens is 1. The van der Waals surface area contributed by atoms with E-state index in [2.05, 4.69) is 5.10 Å². The van der Waals surface area contributed by atoms with Gasteiger partial charge in [-0.3, -0.25) is 0 Å². The smallest absolute Gasteiger partial charge is 0.358 e. The summed E-state index contributed by atoms with van der Waals surface area (Å²) < 4.78 is 13.9. The molecule has 0 N–H and O–H groups in total. The van der Waals surface area contributed by atoms with Crippen LogP contribution < -0.4 is 0 Å². The number of hydrogen-bond donors (Lipinski definition) is 0. The minimum Gasteiger partial charge on any atom is -0.358 e. The quantitative estimate of drug-likeness (QED) is 0.558. The molecule has 0 aliphatic carbocycles. The van der Waals surface area contributed by atoms with Crippen LogP contribution >= 0.6 is 0 Å². The number of hydrogen-bond acceptors (Lipinski definition) is 3. The van der Waals surface area contributed by atoms with E-state index in [9.17, 15) is 14.5 Å². The van der Waals surface area contributed by atoms with Crippen molar-refractivity contribution in [2.24, 2.45) is 0 Å². The largest absolute Gasteiger partial charge is 0.390 e. The van der Waals surface area contributed by atoms with Crippen molar-refractivity contribution in [3.8, 4) is 5.69 Å². The molecule has 0 aliphatic rings. The van der Waals surface area contributed by atoms with Crippen LogP contribution in [0.2, 0.25) is 0 Å². The van der Waals surface area contributed by atoms with Crippen molar-refractivity contribution in [2.45, 2.75) is 0 Å². The normalized spacial score (nSPS) is 10.2. The molecule has 2 rings (SSSR count). The second-order valence-corrected chi connectivity index (χ2v) is 2.85. The van der Waals surface area contributed by atoms with Gasteiger partial charge >= 0.3 is 5.82 Å². The Hall–Kier alpha value is -2.24. The third-order valence-electron chi connectivity index (χ3n) is 1.85. The number of nitrogens with zero attached hydrogens (tertiary/aromatic N) is 3. The van der Waals surface area contributed by atoms with E-state index in [4.69, 9.17) is 0 Å². The summed E-state index contributed by atoms with van der Waals surface area (Å²) in [7, 11) is 0. The Labute approximate surface area is 83.9 Å². The number of benzene rings is 1. The molecule has 0 amide bonds. The number of rotatable bonds is 2. The van der Waals surface area contributed by atoms with Crippen LogP contribution in [0.25, 0.3) is 5.69 Å². The van der Waals surface area contributed by atoms with Gasteiger partial charge in [0.2, 0.25) is 0 Å². The molecular formula is C9H6FN3O2. The summed E-state index contributed by atoms with van der Waals surface area (Å²) in [5.74, 6) is -0.597. The van der Waals surface area contributed by atoms with Gasteiger partial charge in [0.05, 0.1) is 23.0 Å². The van der Waals surface area contributed by atoms with Gasteiger partial charge in [-0.05, 0) is 29.2 Å². The van der Waals surface area contributed by atoms with Gasteiger partial charge in [0.25, 0.3) is 0 Å². The van der Waals surface area contributed by atoms with Crippen molar-refractivity contribution in [1.82, 2.24) is 9.78 Å². The third-order valence-corrected chi connectivity index (χ3v) is 1.85. The van der Waals surface area contributed by atoms with Gasteiger partial charge in [-0.1, -0.05) is 0 Å². The summed E-state index contributed by atoms with van der Waals surface area (Å²) >= 11 is 0. The van der Waals surface area contributed by atoms with E-state index in [1.54, 1.807) is 0 Å². The topological polar surface area (TPSA) is 61.0 Å². The molecule has 0 atom stereocenters. The maximum atomic E-state index is 12.6. The Balaban J connectivity index is 2.37. The van der Waals surface area contributed by atoms with Crippen LogP contribution in [0.15, 0.2) is 36.5 Å². The summed E-state index contributed by atoms with van der Waals surface area (Å²) in [5.41, 5.74) is 0.574. The third kappa shape index (κ3) is 1.83. The van der Waals surface area contributed by atoms with Gasteiger partial charge in [-0.25, -0.2) is 4.39 Å². The summed E-state index contributed by atoms with van der Waals surface area (Å²) in [6.07, 6.45) is 1.45. The van der Waals surface area contributed by atoms with Crippen molar-refractivity contribution in [3.05, 3.63) is 52.5 Å². The molecule has 6 heteroatoms. The van der Waals surface area contributed by atoms with Crippen molar-refractivity contribution < 1.29 is 9.31 Å². The van der Waals surface area contributed by atoms with Gasteiger partial charge in [0, 0.05) is 0 Å². The van der Waals surface area contributed by atoms with Crippen LogP contribution in [0, 0.1) is 15.9 Å². The fourth-order valence-electron chi connectivity index (χ4n) is 1.15. The molecule has 76 valence electrons. The van der Waals surface area contributed by atoms with Gasteiger partial charge in [-0.15, -0.1) is 4.68 Å². The number of nitro groups is 1. The molecule has 0 saturated carbocycles. The van der Waals surface area contributed by atoms with E-state index >= 15 is 0 Å². The van der Waals surface area contributed by atoms with Crippen LogP contribution in [0.5, 0.6) is 0 Å². The molecule has 5 nitrogen and oxygen atoms in total. The fourth-order valence-corrected chi connectivity index (χ4v) is 1.15. The summed E-state index contributed by atoms with van der Waals surface area (Å²) in [5, 5.41) is 14.1. The highest BCUT2D eigenvalue weighted by Gasteiger charge is 2.11. The van der Waals surface area contributed by atoms with E-state index in [0.717, 1.165) is 0 Å². The average Bonchev–Trinajstić information content (AvgIpc) is 2.68. The van der Waals surface area contributed by atoms with Gasteiger partial charge in [-0.2, -0.15) is 0 Å². The number of aromatic nitrogens is 2. The molecule has 0 unspecified atom stereocenters. The van der Waals surface area contributed by atoms with E-state index in [1.165, 1.54) is 41.2 Å². The minimum atomic E-state index is -0.583. The molecule has 2 aromatic rings. The Kier molecular flexibility index (Phi) is 2.17. The molecule has 1 heterocycles. The van der Waals surface area contributed by atoms with Gasteiger partial charge in [0.15, 0.2) is 0 Å². The molecule has 15 heavy (non-hydrogen) atoms. The van der Waals surface area contributed by atoms with E-state index in [1.807, 2.05) is 0 Å². The molecule has 0 fully saturated rings. The average molecular weight is 207 g/mol. The zero-order valence-corrected chi connectivity index (χ0v) is 7.50. The second kappa shape index (κ2) is 3.49. The van der Waals surface area contributed by atoms with E-state index < -0.39 is 4.92 Å².